The Morgan fingerprint density at radius 3 is 2.48 bits per heavy atom. The number of carboxylic acid groups (broad SMARTS) is 1. The van der Waals surface area contributed by atoms with Gasteiger partial charge in [0.25, 0.3) is 0 Å². The molecule has 0 amide bonds. The molecule has 0 aliphatic heterocycles. The third-order valence-corrected chi connectivity index (χ3v) is 5.11. The number of aliphatic carboxylic acids is 1. The quantitative estimate of drug-likeness (QED) is 0.430. The first-order valence-electron chi connectivity index (χ1n) is 11.1. The molecule has 0 aliphatic carbocycles. The molecule has 2 aromatic carbocycles. The van der Waals surface area contributed by atoms with Crippen molar-refractivity contribution in [2.45, 2.75) is 44.6 Å². The Hall–Kier alpha value is -3.06. The number of hydrogen-bond donors (Lipinski definition) is 1. The minimum atomic E-state index is -0.923. The van der Waals surface area contributed by atoms with Crippen LogP contribution in [0.2, 0.25) is 0 Å². The molecule has 2 rings (SSSR count). The average Bonchev–Trinajstić information content (AvgIpc) is 2.76. The second-order valence-corrected chi connectivity index (χ2v) is 8.66. The van der Waals surface area contributed by atoms with E-state index in [1.54, 1.807) is 7.11 Å². The normalized spacial score (nSPS) is 12.8. The summed E-state index contributed by atoms with van der Waals surface area (Å²) in [7, 11) is 5.46. The number of carboxylic acids is 1. The number of para-hydroxylation sites is 1. The number of benzene rings is 2. The number of nitrogens with zero attached hydrogens (tertiary/aromatic N) is 1. The Bertz CT molecular complexity index is 913. The van der Waals surface area contributed by atoms with Crippen molar-refractivity contribution in [1.29, 1.82) is 0 Å². The van der Waals surface area contributed by atoms with Crippen LogP contribution in [-0.4, -0.2) is 61.9 Å². The number of ether oxygens (including phenoxy) is 3. The first kappa shape index (κ1) is 26.2. The lowest BCUT2D eigenvalue weighted by Crippen LogP contribution is -2.46. The minimum Gasteiger partial charge on any atom is -0.497 e. The van der Waals surface area contributed by atoms with Gasteiger partial charge in [-0.05, 0) is 69.6 Å². The molecule has 0 fully saturated rings. The maximum Gasteiger partial charge on any atom is 0.306 e. The van der Waals surface area contributed by atoms with Gasteiger partial charge in [0.05, 0.1) is 7.11 Å². The van der Waals surface area contributed by atoms with Crippen LogP contribution in [0.1, 0.15) is 37.3 Å². The maximum absolute atomic E-state index is 12.3. The summed E-state index contributed by atoms with van der Waals surface area (Å²) in [6, 6.07) is 15.9. The third-order valence-electron chi connectivity index (χ3n) is 5.11. The summed E-state index contributed by atoms with van der Waals surface area (Å²) < 4.78 is 17.2. The van der Waals surface area contributed by atoms with Crippen molar-refractivity contribution >= 4 is 11.9 Å². The van der Waals surface area contributed by atoms with E-state index in [0.717, 1.165) is 29.9 Å². The van der Waals surface area contributed by atoms with Crippen LogP contribution in [0.5, 0.6) is 11.5 Å². The van der Waals surface area contributed by atoms with Gasteiger partial charge in [-0.2, -0.15) is 0 Å². The van der Waals surface area contributed by atoms with E-state index in [9.17, 15) is 9.59 Å². The van der Waals surface area contributed by atoms with Gasteiger partial charge in [0.1, 0.15) is 18.1 Å². The average molecular weight is 458 g/mol. The van der Waals surface area contributed by atoms with Gasteiger partial charge in [-0.1, -0.05) is 30.3 Å². The van der Waals surface area contributed by atoms with Crippen LogP contribution >= 0.6 is 0 Å². The van der Waals surface area contributed by atoms with E-state index in [-0.39, 0.29) is 25.9 Å². The second-order valence-electron chi connectivity index (χ2n) is 8.66. The van der Waals surface area contributed by atoms with Crippen molar-refractivity contribution in [3.8, 4) is 11.5 Å². The number of methoxy groups -OCH3 is 1. The second kappa shape index (κ2) is 12.8. The molecule has 1 N–H and O–H groups in total. The zero-order valence-corrected chi connectivity index (χ0v) is 20.0. The van der Waals surface area contributed by atoms with Gasteiger partial charge in [0.2, 0.25) is 0 Å². The zero-order chi connectivity index (χ0) is 24.3. The molecule has 7 heteroatoms. The number of rotatable bonds is 14. The molecule has 0 saturated heterocycles. The lowest BCUT2D eigenvalue weighted by Gasteiger charge is -2.32. The van der Waals surface area contributed by atoms with Crippen molar-refractivity contribution in [3.63, 3.8) is 0 Å². The molecule has 0 aromatic heterocycles. The van der Waals surface area contributed by atoms with Crippen LogP contribution in [0.4, 0.5) is 0 Å². The van der Waals surface area contributed by atoms with Gasteiger partial charge in [0, 0.05) is 19.4 Å². The Kier molecular flexibility index (Phi) is 10.2. The Morgan fingerprint density at radius 1 is 1.03 bits per heavy atom. The number of esters is 1. The fraction of sp³-hybridized carbons (Fsp3) is 0.462. The summed E-state index contributed by atoms with van der Waals surface area (Å²) in [4.78, 5) is 24.9. The first-order chi connectivity index (χ1) is 15.7. The van der Waals surface area contributed by atoms with Crippen LogP contribution in [0, 0.1) is 0 Å². The van der Waals surface area contributed by atoms with Crippen LogP contribution < -0.4 is 9.47 Å². The molecule has 0 unspecified atom stereocenters. The Balaban J connectivity index is 2.02. The summed E-state index contributed by atoms with van der Waals surface area (Å²) in [6.45, 7) is 2.50. The number of aryl methyl sites for hydroxylation is 2. The smallest absolute Gasteiger partial charge is 0.306 e. The highest BCUT2D eigenvalue weighted by atomic mass is 16.6. The molecule has 2 aromatic rings. The topological polar surface area (TPSA) is 85.3 Å². The van der Waals surface area contributed by atoms with E-state index < -0.39 is 17.5 Å². The lowest BCUT2D eigenvalue weighted by atomic mass is 10.0. The van der Waals surface area contributed by atoms with Crippen molar-refractivity contribution in [2.24, 2.45) is 0 Å². The summed E-state index contributed by atoms with van der Waals surface area (Å²) in [5.41, 5.74) is 1.38. The van der Waals surface area contributed by atoms with Gasteiger partial charge in [-0.25, -0.2) is 0 Å². The molecular weight excluding hydrogens is 422 g/mol. The largest absolute Gasteiger partial charge is 0.497 e. The van der Waals surface area contributed by atoms with Crippen molar-refractivity contribution in [3.05, 3.63) is 59.7 Å². The van der Waals surface area contributed by atoms with Crippen LogP contribution in [0.3, 0.4) is 0 Å². The summed E-state index contributed by atoms with van der Waals surface area (Å²) in [5, 5.41) is 8.77. The maximum atomic E-state index is 12.3. The molecule has 1 atom stereocenters. The van der Waals surface area contributed by atoms with Crippen molar-refractivity contribution in [2.75, 3.05) is 34.4 Å². The molecule has 0 heterocycles. The molecule has 0 radical (unpaired) electrons. The molecule has 0 spiro atoms. The molecular formula is C26H35NO6. The summed E-state index contributed by atoms with van der Waals surface area (Å²) >= 11 is 0. The molecule has 0 aliphatic rings. The molecule has 33 heavy (non-hydrogen) atoms. The summed E-state index contributed by atoms with van der Waals surface area (Å²) in [5.74, 6) is 0.247. The molecule has 7 nitrogen and oxygen atoms in total. The highest BCUT2D eigenvalue weighted by Gasteiger charge is 2.31. The first-order valence-corrected chi connectivity index (χ1v) is 11.1. The van der Waals surface area contributed by atoms with E-state index in [1.165, 1.54) is 5.56 Å². The number of carbonyl (C=O) groups is 2. The predicted octanol–water partition coefficient (Wildman–Crippen LogP) is 3.98. The SMILES string of the molecule is COc1cccc(CCc2ccccc2OC[C@](C)(CN(C)C)OC(=O)CCCC(=O)O)c1. The number of carbonyl (C=O) groups excluding carboxylic acids is 1. The van der Waals surface area contributed by atoms with E-state index in [0.29, 0.717) is 6.54 Å². The predicted molar refractivity (Wildman–Crippen MR) is 127 cm³/mol. The number of hydrogen-bond acceptors (Lipinski definition) is 6. The van der Waals surface area contributed by atoms with Gasteiger partial charge in [0.15, 0.2) is 5.60 Å². The van der Waals surface area contributed by atoms with Gasteiger partial charge in [-0.3, -0.25) is 9.59 Å². The Morgan fingerprint density at radius 2 is 1.79 bits per heavy atom. The van der Waals surface area contributed by atoms with Crippen molar-refractivity contribution < 1.29 is 28.9 Å². The van der Waals surface area contributed by atoms with Gasteiger partial charge < -0.3 is 24.2 Å². The standard InChI is InChI=1S/C26H35NO6/c1-26(18-27(2)3,33-25(30)14-8-13-24(28)29)19-32-23-12-6-5-10-21(23)16-15-20-9-7-11-22(17-20)31-4/h5-7,9-12,17H,8,13-16,18-19H2,1-4H3,(H,28,29)/t26-/m0/s1. The minimum absolute atomic E-state index is 0.0589. The van der Waals surface area contributed by atoms with Crippen LogP contribution in [0.15, 0.2) is 48.5 Å². The zero-order valence-electron chi connectivity index (χ0n) is 20.0. The lowest BCUT2D eigenvalue weighted by molar-refractivity contribution is -0.162. The van der Waals surface area contributed by atoms with Crippen LogP contribution in [0.25, 0.3) is 0 Å². The summed E-state index contributed by atoms with van der Waals surface area (Å²) in [6.07, 6.45) is 1.89. The van der Waals surface area contributed by atoms with E-state index >= 15 is 0 Å². The highest BCUT2D eigenvalue weighted by molar-refractivity contribution is 5.71. The van der Waals surface area contributed by atoms with E-state index in [1.807, 2.05) is 68.4 Å². The van der Waals surface area contributed by atoms with Crippen LogP contribution in [-0.2, 0) is 27.2 Å². The fourth-order valence-electron chi connectivity index (χ4n) is 3.67. The third kappa shape index (κ3) is 9.53. The number of likely N-dealkylation sites (N-methyl/N-ethyl adjacent to an activating group) is 1. The van der Waals surface area contributed by atoms with Gasteiger partial charge in [-0.15, -0.1) is 0 Å². The molecule has 0 bridgehead atoms. The highest BCUT2D eigenvalue weighted by Crippen LogP contribution is 2.24. The van der Waals surface area contributed by atoms with E-state index in [4.69, 9.17) is 19.3 Å². The Labute approximate surface area is 196 Å². The molecule has 180 valence electrons. The van der Waals surface area contributed by atoms with Gasteiger partial charge >= 0.3 is 11.9 Å². The fourth-order valence-corrected chi connectivity index (χ4v) is 3.67. The molecule has 0 saturated carbocycles. The van der Waals surface area contributed by atoms with E-state index in [2.05, 4.69) is 6.07 Å². The van der Waals surface area contributed by atoms with Crippen molar-refractivity contribution in [1.82, 2.24) is 4.90 Å². The monoisotopic (exact) mass is 457 g/mol.